The van der Waals surface area contributed by atoms with Gasteiger partial charge < -0.3 is 9.64 Å². The highest BCUT2D eigenvalue weighted by Crippen LogP contribution is 2.14. The molecule has 5 nitrogen and oxygen atoms in total. The van der Waals surface area contributed by atoms with E-state index in [1.165, 1.54) is 5.56 Å². The Morgan fingerprint density at radius 2 is 1.87 bits per heavy atom. The molecule has 2 aromatic rings. The summed E-state index contributed by atoms with van der Waals surface area (Å²) in [6.45, 7) is 6.79. The number of aryl methyl sites for hydroxylation is 3. The number of morpholine rings is 1. The number of hydrogen-bond donors (Lipinski definition) is 0. The Morgan fingerprint density at radius 3 is 2.48 bits per heavy atom. The maximum absolute atomic E-state index is 12.2. The molecule has 1 aliphatic rings. The molecule has 0 radical (unpaired) electrons. The van der Waals surface area contributed by atoms with Gasteiger partial charge in [-0.25, -0.2) is 4.68 Å². The van der Waals surface area contributed by atoms with Crippen LogP contribution >= 0.6 is 0 Å². The highest BCUT2D eigenvalue weighted by Gasteiger charge is 2.16. The summed E-state index contributed by atoms with van der Waals surface area (Å²) in [5.74, 6) is 0.218. The van der Waals surface area contributed by atoms with Gasteiger partial charge in [0.1, 0.15) is 0 Å². The first-order valence-corrected chi connectivity index (χ1v) is 8.11. The third-order valence-electron chi connectivity index (χ3n) is 4.18. The maximum atomic E-state index is 12.2. The van der Waals surface area contributed by atoms with Gasteiger partial charge in [0.15, 0.2) is 0 Å². The number of ether oxygens (including phenoxy) is 1. The number of benzene rings is 1. The standard InChI is InChI=1S/C18H23N3O2/c1-14-13-15(2)21(19-14)17-6-3-16(4-7-17)5-8-18(22)20-9-11-23-12-10-20/h3-4,6-7,13H,5,8-12H2,1-2H3. The molecule has 1 fully saturated rings. The van der Waals surface area contributed by atoms with Crippen LogP contribution < -0.4 is 0 Å². The molecule has 0 saturated carbocycles. The average Bonchev–Trinajstić information content (AvgIpc) is 2.92. The number of amides is 1. The predicted octanol–water partition coefficient (Wildman–Crippen LogP) is 2.28. The lowest BCUT2D eigenvalue weighted by Crippen LogP contribution is -2.40. The van der Waals surface area contributed by atoms with Gasteiger partial charge in [-0.15, -0.1) is 0 Å². The minimum Gasteiger partial charge on any atom is -0.378 e. The molecule has 1 aliphatic heterocycles. The van der Waals surface area contributed by atoms with Gasteiger partial charge in [0.2, 0.25) is 5.91 Å². The van der Waals surface area contributed by atoms with Crippen LogP contribution in [0.15, 0.2) is 30.3 Å². The van der Waals surface area contributed by atoms with Crippen LogP contribution in [0.4, 0.5) is 0 Å². The number of hydrogen-bond acceptors (Lipinski definition) is 3. The van der Waals surface area contributed by atoms with Crippen LogP contribution in [0.1, 0.15) is 23.4 Å². The normalized spacial score (nSPS) is 15.0. The molecule has 1 saturated heterocycles. The smallest absolute Gasteiger partial charge is 0.223 e. The monoisotopic (exact) mass is 313 g/mol. The second kappa shape index (κ2) is 6.96. The molecule has 0 N–H and O–H groups in total. The van der Waals surface area contributed by atoms with Crippen molar-refractivity contribution in [3.8, 4) is 5.69 Å². The maximum Gasteiger partial charge on any atom is 0.223 e. The Morgan fingerprint density at radius 1 is 1.17 bits per heavy atom. The van der Waals surface area contributed by atoms with Crippen LogP contribution in [0, 0.1) is 13.8 Å². The molecule has 5 heteroatoms. The number of carbonyl (C=O) groups is 1. The summed E-state index contributed by atoms with van der Waals surface area (Å²) < 4.78 is 7.22. The fourth-order valence-corrected chi connectivity index (χ4v) is 2.92. The van der Waals surface area contributed by atoms with Crippen molar-refractivity contribution < 1.29 is 9.53 Å². The highest BCUT2D eigenvalue weighted by molar-refractivity contribution is 5.76. The Hall–Kier alpha value is -2.14. The SMILES string of the molecule is Cc1cc(C)n(-c2ccc(CCC(=O)N3CCOCC3)cc2)n1. The molecular formula is C18H23N3O2. The average molecular weight is 313 g/mol. The van der Waals surface area contributed by atoms with Crippen molar-refractivity contribution in [3.63, 3.8) is 0 Å². The summed E-state index contributed by atoms with van der Waals surface area (Å²) in [7, 11) is 0. The van der Waals surface area contributed by atoms with E-state index in [0.29, 0.717) is 19.6 Å². The first kappa shape index (κ1) is 15.7. The van der Waals surface area contributed by atoms with E-state index in [1.54, 1.807) is 0 Å². The molecular weight excluding hydrogens is 290 g/mol. The molecule has 1 aromatic heterocycles. The summed E-state index contributed by atoms with van der Waals surface area (Å²) in [4.78, 5) is 14.1. The topological polar surface area (TPSA) is 47.4 Å². The molecule has 122 valence electrons. The van der Waals surface area contributed by atoms with Gasteiger partial charge in [-0.2, -0.15) is 5.10 Å². The first-order chi connectivity index (χ1) is 11.1. The Bertz CT molecular complexity index is 670. The summed E-state index contributed by atoms with van der Waals surface area (Å²) in [6, 6.07) is 10.4. The lowest BCUT2D eigenvalue weighted by molar-refractivity contribution is -0.135. The third kappa shape index (κ3) is 3.79. The van der Waals surface area contributed by atoms with Crippen LogP contribution in [0.2, 0.25) is 0 Å². The quantitative estimate of drug-likeness (QED) is 0.870. The van der Waals surface area contributed by atoms with Crippen LogP contribution in [0.25, 0.3) is 5.69 Å². The Balaban J connectivity index is 1.59. The molecule has 1 amide bonds. The Labute approximate surface area is 136 Å². The molecule has 1 aromatic carbocycles. The molecule has 0 unspecified atom stereocenters. The zero-order valence-electron chi connectivity index (χ0n) is 13.8. The number of carbonyl (C=O) groups excluding carboxylic acids is 1. The molecule has 0 aliphatic carbocycles. The van der Waals surface area contributed by atoms with E-state index >= 15 is 0 Å². The van der Waals surface area contributed by atoms with Crippen LogP contribution in [-0.4, -0.2) is 46.9 Å². The van der Waals surface area contributed by atoms with Crippen molar-refractivity contribution in [1.82, 2.24) is 14.7 Å². The molecule has 2 heterocycles. The van der Waals surface area contributed by atoms with Gasteiger partial charge in [0.25, 0.3) is 0 Å². The van der Waals surface area contributed by atoms with E-state index in [-0.39, 0.29) is 5.91 Å². The zero-order chi connectivity index (χ0) is 16.2. The second-order valence-corrected chi connectivity index (χ2v) is 6.00. The van der Waals surface area contributed by atoms with Crippen molar-refractivity contribution in [1.29, 1.82) is 0 Å². The van der Waals surface area contributed by atoms with Crippen LogP contribution in [0.5, 0.6) is 0 Å². The second-order valence-electron chi connectivity index (χ2n) is 6.00. The van der Waals surface area contributed by atoms with Gasteiger partial charge >= 0.3 is 0 Å². The third-order valence-corrected chi connectivity index (χ3v) is 4.18. The van der Waals surface area contributed by atoms with Crippen molar-refractivity contribution in [2.24, 2.45) is 0 Å². The van der Waals surface area contributed by atoms with Gasteiger partial charge in [0.05, 0.1) is 24.6 Å². The van der Waals surface area contributed by atoms with Gasteiger partial charge in [0, 0.05) is 25.2 Å². The minimum absolute atomic E-state index is 0.218. The van der Waals surface area contributed by atoms with Crippen LogP contribution in [-0.2, 0) is 16.0 Å². The minimum atomic E-state index is 0.218. The number of aromatic nitrogens is 2. The van der Waals surface area contributed by atoms with E-state index in [1.807, 2.05) is 16.5 Å². The molecule has 23 heavy (non-hydrogen) atoms. The van der Waals surface area contributed by atoms with Crippen molar-refractivity contribution in [2.45, 2.75) is 26.7 Å². The molecule has 3 rings (SSSR count). The van der Waals surface area contributed by atoms with E-state index in [9.17, 15) is 4.79 Å². The van der Waals surface area contributed by atoms with Crippen molar-refractivity contribution in [2.75, 3.05) is 26.3 Å². The van der Waals surface area contributed by atoms with Crippen molar-refractivity contribution in [3.05, 3.63) is 47.3 Å². The highest BCUT2D eigenvalue weighted by atomic mass is 16.5. The largest absolute Gasteiger partial charge is 0.378 e. The fraction of sp³-hybridized carbons (Fsp3) is 0.444. The summed E-state index contributed by atoms with van der Waals surface area (Å²) in [5, 5.41) is 4.49. The van der Waals surface area contributed by atoms with E-state index in [2.05, 4.69) is 42.4 Å². The number of rotatable bonds is 4. The summed E-state index contributed by atoms with van der Waals surface area (Å²) in [6.07, 6.45) is 1.33. The molecule has 0 bridgehead atoms. The zero-order valence-corrected chi connectivity index (χ0v) is 13.8. The van der Waals surface area contributed by atoms with E-state index < -0.39 is 0 Å². The molecule has 0 atom stereocenters. The van der Waals surface area contributed by atoms with Gasteiger partial charge in [-0.3, -0.25) is 4.79 Å². The van der Waals surface area contributed by atoms with E-state index in [4.69, 9.17) is 4.74 Å². The van der Waals surface area contributed by atoms with E-state index in [0.717, 1.165) is 36.6 Å². The fourth-order valence-electron chi connectivity index (χ4n) is 2.92. The lowest BCUT2D eigenvalue weighted by atomic mass is 10.1. The van der Waals surface area contributed by atoms with Gasteiger partial charge in [-0.1, -0.05) is 12.1 Å². The first-order valence-electron chi connectivity index (χ1n) is 8.11. The van der Waals surface area contributed by atoms with Crippen LogP contribution in [0.3, 0.4) is 0 Å². The summed E-state index contributed by atoms with van der Waals surface area (Å²) >= 11 is 0. The number of nitrogens with zero attached hydrogens (tertiary/aromatic N) is 3. The van der Waals surface area contributed by atoms with Gasteiger partial charge in [-0.05, 0) is 44.0 Å². The lowest BCUT2D eigenvalue weighted by Gasteiger charge is -2.26. The summed E-state index contributed by atoms with van der Waals surface area (Å²) in [5.41, 5.74) is 4.37. The predicted molar refractivity (Wildman–Crippen MR) is 88.8 cm³/mol. The Kier molecular flexibility index (Phi) is 4.76. The van der Waals surface area contributed by atoms with Crippen molar-refractivity contribution >= 4 is 5.91 Å². The molecule has 0 spiro atoms.